The standard InChI is InChI=1S/C13H17ClN2O2/c1-3-10-6-4-5-9(2)11(10)16-13(18)12(17)15-8-7-14/h4-6H,3,7-8H2,1-2H3,(H,15,17)(H,16,18). The number of carbonyl (C=O) groups excluding carboxylic acids is 2. The molecular weight excluding hydrogens is 252 g/mol. The molecule has 0 aromatic heterocycles. The molecule has 0 saturated carbocycles. The van der Waals surface area contributed by atoms with Crippen LogP contribution < -0.4 is 10.6 Å². The number of carbonyl (C=O) groups is 2. The van der Waals surface area contributed by atoms with E-state index in [1.807, 2.05) is 32.0 Å². The number of anilines is 1. The first-order valence-corrected chi connectivity index (χ1v) is 6.37. The third-order valence-electron chi connectivity index (χ3n) is 2.56. The zero-order valence-corrected chi connectivity index (χ0v) is 11.3. The van der Waals surface area contributed by atoms with Crippen LogP contribution in [0, 0.1) is 6.92 Å². The van der Waals surface area contributed by atoms with Gasteiger partial charge >= 0.3 is 11.8 Å². The van der Waals surface area contributed by atoms with Crippen molar-refractivity contribution < 1.29 is 9.59 Å². The first-order valence-electron chi connectivity index (χ1n) is 5.83. The maximum atomic E-state index is 11.7. The van der Waals surface area contributed by atoms with Gasteiger partial charge < -0.3 is 10.6 Å². The minimum absolute atomic E-state index is 0.280. The molecular formula is C13H17ClN2O2. The van der Waals surface area contributed by atoms with Crippen LogP contribution >= 0.6 is 11.6 Å². The Hall–Kier alpha value is -1.55. The third kappa shape index (κ3) is 3.74. The Labute approximate surface area is 112 Å². The van der Waals surface area contributed by atoms with E-state index in [-0.39, 0.29) is 12.4 Å². The van der Waals surface area contributed by atoms with Gasteiger partial charge in [-0.25, -0.2) is 0 Å². The molecule has 0 aliphatic heterocycles. The van der Waals surface area contributed by atoms with E-state index >= 15 is 0 Å². The highest BCUT2D eigenvalue weighted by Crippen LogP contribution is 2.20. The number of aryl methyl sites for hydroxylation is 2. The summed E-state index contributed by atoms with van der Waals surface area (Å²) in [4.78, 5) is 23.1. The second-order valence-electron chi connectivity index (χ2n) is 3.86. The van der Waals surface area contributed by atoms with Crippen LogP contribution in [0.4, 0.5) is 5.69 Å². The van der Waals surface area contributed by atoms with Crippen molar-refractivity contribution in [3.63, 3.8) is 0 Å². The zero-order chi connectivity index (χ0) is 13.5. The van der Waals surface area contributed by atoms with Crippen LogP contribution in [0.3, 0.4) is 0 Å². The van der Waals surface area contributed by atoms with Gasteiger partial charge in [0, 0.05) is 18.1 Å². The van der Waals surface area contributed by atoms with Crippen LogP contribution in [0.2, 0.25) is 0 Å². The van der Waals surface area contributed by atoms with Gasteiger partial charge in [-0.15, -0.1) is 11.6 Å². The number of alkyl halides is 1. The normalized spacial score (nSPS) is 9.94. The number of para-hydroxylation sites is 1. The molecule has 0 saturated heterocycles. The molecule has 0 aliphatic carbocycles. The van der Waals surface area contributed by atoms with Gasteiger partial charge in [0.05, 0.1) is 0 Å². The molecule has 0 bridgehead atoms. The van der Waals surface area contributed by atoms with E-state index in [0.29, 0.717) is 5.69 Å². The molecule has 1 rings (SSSR count). The fourth-order valence-corrected chi connectivity index (χ4v) is 1.71. The lowest BCUT2D eigenvalue weighted by molar-refractivity contribution is -0.136. The molecule has 98 valence electrons. The summed E-state index contributed by atoms with van der Waals surface area (Å²) in [6.07, 6.45) is 0.792. The molecule has 2 amide bonds. The summed E-state index contributed by atoms with van der Waals surface area (Å²) in [7, 11) is 0. The van der Waals surface area contributed by atoms with Crippen molar-refractivity contribution in [3.05, 3.63) is 29.3 Å². The number of amides is 2. The summed E-state index contributed by atoms with van der Waals surface area (Å²) in [6, 6.07) is 5.75. The molecule has 0 spiro atoms. The van der Waals surface area contributed by atoms with Crippen LogP contribution in [0.1, 0.15) is 18.1 Å². The highest BCUT2D eigenvalue weighted by atomic mass is 35.5. The van der Waals surface area contributed by atoms with Crippen molar-refractivity contribution in [1.82, 2.24) is 5.32 Å². The lowest BCUT2D eigenvalue weighted by atomic mass is 10.1. The zero-order valence-electron chi connectivity index (χ0n) is 10.5. The highest BCUT2D eigenvalue weighted by molar-refractivity contribution is 6.39. The van der Waals surface area contributed by atoms with Gasteiger partial charge in [0.1, 0.15) is 0 Å². The van der Waals surface area contributed by atoms with Crippen LogP contribution in [0.25, 0.3) is 0 Å². The van der Waals surface area contributed by atoms with Crippen LogP contribution in [0.5, 0.6) is 0 Å². The average Bonchev–Trinajstić information content (AvgIpc) is 2.38. The third-order valence-corrected chi connectivity index (χ3v) is 2.75. The van der Waals surface area contributed by atoms with Crippen molar-refractivity contribution in [1.29, 1.82) is 0 Å². The molecule has 0 radical (unpaired) electrons. The minimum atomic E-state index is -0.666. The lowest BCUT2D eigenvalue weighted by Crippen LogP contribution is -2.36. The number of hydrogen-bond donors (Lipinski definition) is 2. The van der Waals surface area contributed by atoms with Crippen molar-refractivity contribution >= 4 is 29.1 Å². The van der Waals surface area contributed by atoms with Crippen LogP contribution in [0.15, 0.2) is 18.2 Å². The summed E-state index contributed by atoms with van der Waals surface area (Å²) < 4.78 is 0. The van der Waals surface area contributed by atoms with Crippen molar-refractivity contribution in [3.8, 4) is 0 Å². The number of rotatable bonds is 4. The summed E-state index contributed by atoms with van der Waals surface area (Å²) in [6.45, 7) is 4.17. The second-order valence-corrected chi connectivity index (χ2v) is 4.24. The smallest absolute Gasteiger partial charge is 0.313 e. The first-order chi connectivity index (χ1) is 8.60. The largest absolute Gasteiger partial charge is 0.347 e. The summed E-state index contributed by atoms with van der Waals surface area (Å²) in [5.74, 6) is -1.05. The van der Waals surface area contributed by atoms with Crippen LogP contribution in [-0.2, 0) is 16.0 Å². The monoisotopic (exact) mass is 268 g/mol. The number of benzene rings is 1. The first kappa shape index (κ1) is 14.5. The molecule has 0 heterocycles. The van der Waals surface area contributed by atoms with Gasteiger partial charge in [-0.05, 0) is 24.5 Å². The van der Waals surface area contributed by atoms with E-state index in [9.17, 15) is 9.59 Å². The quantitative estimate of drug-likeness (QED) is 0.647. The maximum Gasteiger partial charge on any atom is 0.313 e. The molecule has 0 aliphatic rings. The molecule has 0 fully saturated rings. The van der Waals surface area contributed by atoms with Gasteiger partial charge in [0.25, 0.3) is 0 Å². The van der Waals surface area contributed by atoms with Crippen LogP contribution in [-0.4, -0.2) is 24.2 Å². The topological polar surface area (TPSA) is 58.2 Å². The lowest BCUT2D eigenvalue weighted by Gasteiger charge is -2.12. The van der Waals surface area contributed by atoms with E-state index in [1.54, 1.807) is 0 Å². The Morgan fingerprint density at radius 2 is 2.00 bits per heavy atom. The van der Waals surface area contributed by atoms with Gasteiger partial charge in [-0.1, -0.05) is 25.1 Å². The summed E-state index contributed by atoms with van der Waals surface area (Å²) >= 11 is 5.44. The van der Waals surface area contributed by atoms with E-state index in [2.05, 4.69) is 10.6 Å². The Morgan fingerprint density at radius 3 is 2.61 bits per heavy atom. The van der Waals surface area contributed by atoms with Gasteiger partial charge in [-0.2, -0.15) is 0 Å². The Bertz CT molecular complexity index is 447. The maximum absolute atomic E-state index is 11.7. The average molecular weight is 269 g/mol. The predicted molar refractivity (Wildman–Crippen MR) is 72.9 cm³/mol. The van der Waals surface area contributed by atoms with E-state index in [1.165, 1.54) is 0 Å². The molecule has 5 heteroatoms. The van der Waals surface area contributed by atoms with E-state index in [0.717, 1.165) is 17.5 Å². The predicted octanol–water partition coefficient (Wildman–Crippen LogP) is 1.85. The minimum Gasteiger partial charge on any atom is -0.347 e. The molecule has 0 unspecified atom stereocenters. The fourth-order valence-electron chi connectivity index (χ4n) is 1.61. The highest BCUT2D eigenvalue weighted by Gasteiger charge is 2.15. The molecule has 18 heavy (non-hydrogen) atoms. The van der Waals surface area contributed by atoms with Gasteiger partial charge in [0.15, 0.2) is 0 Å². The number of nitrogens with one attached hydrogen (secondary N) is 2. The van der Waals surface area contributed by atoms with Crippen molar-refractivity contribution in [2.24, 2.45) is 0 Å². The molecule has 4 nitrogen and oxygen atoms in total. The molecule has 1 aromatic carbocycles. The van der Waals surface area contributed by atoms with Gasteiger partial charge in [-0.3, -0.25) is 9.59 Å². The Balaban J connectivity index is 2.78. The van der Waals surface area contributed by atoms with Gasteiger partial charge in [0.2, 0.25) is 0 Å². The second kappa shape index (κ2) is 7.01. The van der Waals surface area contributed by atoms with E-state index < -0.39 is 11.8 Å². The fraction of sp³-hybridized carbons (Fsp3) is 0.385. The van der Waals surface area contributed by atoms with Crippen molar-refractivity contribution in [2.75, 3.05) is 17.7 Å². The molecule has 1 aromatic rings. The summed E-state index contributed by atoms with van der Waals surface area (Å²) in [5, 5.41) is 5.07. The van der Waals surface area contributed by atoms with Crippen molar-refractivity contribution in [2.45, 2.75) is 20.3 Å². The summed E-state index contributed by atoms with van der Waals surface area (Å²) in [5.41, 5.74) is 2.66. The number of hydrogen-bond acceptors (Lipinski definition) is 2. The SMILES string of the molecule is CCc1cccc(C)c1NC(=O)C(=O)NCCCl. The Morgan fingerprint density at radius 1 is 1.28 bits per heavy atom. The Kier molecular flexibility index (Phi) is 5.65. The molecule has 0 atom stereocenters. The molecule has 2 N–H and O–H groups in total. The van der Waals surface area contributed by atoms with E-state index in [4.69, 9.17) is 11.6 Å². The number of halogens is 1.